The SMILES string of the molecule is OC[C@]12[C@@H]3CON1OC1(CCCCC1)[C@H]2O[Si]3. The Kier molecular flexibility index (Phi) is 2.26. The predicted molar refractivity (Wildman–Crippen MR) is 58.9 cm³/mol. The third-order valence-corrected chi connectivity index (χ3v) is 6.10. The highest BCUT2D eigenvalue weighted by Gasteiger charge is 2.73. The van der Waals surface area contributed by atoms with E-state index in [4.69, 9.17) is 14.1 Å². The van der Waals surface area contributed by atoms with Crippen LogP contribution in [0.25, 0.3) is 0 Å². The fourth-order valence-corrected chi connectivity index (χ4v) is 5.26. The molecule has 4 aliphatic rings. The molecule has 1 saturated carbocycles. The second kappa shape index (κ2) is 3.52. The Balaban J connectivity index is 1.74. The van der Waals surface area contributed by atoms with E-state index >= 15 is 0 Å². The van der Waals surface area contributed by atoms with E-state index in [1.807, 2.05) is 0 Å². The van der Waals surface area contributed by atoms with Crippen LogP contribution in [-0.2, 0) is 14.1 Å². The average molecular weight is 255 g/mol. The molecule has 17 heavy (non-hydrogen) atoms. The van der Waals surface area contributed by atoms with Gasteiger partial charge in [-0.3, -0.25) is 9.68 Å². The number of aliphatic hydroxyl groups is 1. The molecule has 4 fully saturated rings. The summed E-state index contributed by atoms with van der Waals surface area (Å²) in [7, 11) is 0.430. The summed E-state index contributed by atoms with van der Waals surface area (Å²) in [6.45, 7) is 0.683. The van der Waals surface area contributed by atoms with E-state index in [1.54, 1.807) is 5.23 Å². The zero-order valence-corrected chi connectivity index (χ0v) is 10.7. The van der Waals surface area contributed by atoms with Crippen LogP contribution in [-0.4, -0.2) is 50.6 Å². The first-order valence-electron chi connectivity index (χ1n) is 6.46. The monoisotopic (exact) mass is 255 g/mol. The molecule has 0 aromatic carbocycles. The van der Waals surface area contributed by atoms with E-state index in [-0.39, 0.29) is 23.9 Å². The van der Waals surface area contributed by atoms with Crippen LogP contribution in [0.15, 0.2) is 0 Å². The molecule has 1 aliphatic carbocycles. The van der Waals surface area contributed by atoms with Crippen molar-refractivity contribution in [3.63, 3.8) is 0 Å². The lowest BCUT2D eigenvalue weighted by atomic mass is 9.74. The van der Waals surface area contributed by atoms with E-state index in [2.05, 4.69) is 0 Å². The van der Waals surface area contributed by atoms with E-state index < -0.39 is 5.54 Å². The molecule has 3 aliphatic heterocycles. The average Bonchev–Trinajstić information content (AvgIpc) is 2.96. The minimum Gasteiger partial charge on any atom is -0.409 e. The van der Waals surface area contributed by atoms with Crippen LogP contribution in [0, 0.1) is 0 Å². The number of nitrogens with zero attached hydrogens (tertiary/aromatic N) is 1. The first kappa shape index (κ1) is 10.9. The quantitative estimate of drug-likeness (QED) is 0.688. The van der Waals surface area contributed by atoms with Gasteiger partial charge in [-0.25, -0.2) is 0 Å². The highest BCUT2D eigenvalue weighted by atomic mass is 28.2. The van der Waals surface area contributed by atoms with Crippen LogP contribution < -0.4 is 0 Å². The molecule has 5 nitrogen and oxygen atoms in total. The van der Waals surface area contributed by atoms with Gasteiger partial charge in [0, 0.05) is 5.54 Å². The van der Waals surface area contributed by atoms with Crippen LogP contribution in [0.3, 0.4) is 0 Å². The van der Waals surface area contributed by atoms with Gasteiger partial charge >= 0.3 is 0 Å². The van der Waals surface area contributed by atoms with E-state index in [0.717, 1.165) is 12.8 Å². The van der Waals surface area contributed by atoms with Gasteiger partial charge in [0.1, 0.15) is 17.2 Å². The molecular weight excluding hydrogens is 238 g/mol. The van der Waals surface area contributed by atoms with Gasteiger partial charge < -0.3 is 9.53 Å². The Morgan fingerprint density at radius 2 is 2.12 bits per heavy atom. The van der Waals surface area contributed by atoms with Gasteiger partial charge in [0.2, 0.25) is 9.76 Å². The standard InChI is InChI=1S/C11H17NO4Si/c13-7-11-8-6-14-12(11)16-10(9(11)15-17-8)4-2-1-3-5-10/h8-9,13H,1-7H2/t8-,9+,11+/m0/s1. The summed E-state index contributed by atoms with van der Waals surface area (Å²) in [6, 6.07) is 0. The topological polar surface area (TPSA) is 51.2 Å². The summed E-state index contributed by atoms with van der Waals surface area (Å²) in [5, 5.41) is 11.4. The van der Waals surface area contributed by atoms with Crippen molar-refractivity contribution in [1.82, 2.24) is 5.23 Å². The molecule has 1 spiro atoms. The Hall–Kier alpha value is 0.0169. The van der Waals surface area contributed by atoms with Crippen LogP contribution in [0.2, 0.25) is 5.54 Å². The van der Waals surface area contributed by atoms with Crippen LogP contribution in [0.4, 0.5) is 0 Å². The molecule has 2 radical (unpaired) electrons. The summed E-state index contributed by atoms with van der Waals surface area (Å²) in [6.07, 6.45) is 5.68. The van der Waals surface area contributed by atoms with Crippen molar-refractivity contribution in [1.29, 1.82) is 0 Å². The van der Waals surface area contributed by atoms with Crippen molar-refractivity contribution in [3.05, 3.63) is 0 Å². The lowest BCUT2D eigenvalue weighted by molar-refractivity contribution is -0.381. The largest absolute Gasteiger partial charge is 0.409 e. The lowest BCUT2D eigenvalue weighted by Gasteiger charge is -2.36. The maximum Gasteiger partial charge on any atom is 0.238 e. The highest BCUT2D eigenvalue weighted by Crippen LogP contribution is 2.58. The first-order valence-corrected chi connectivity index (χ1v) is 7.45. The van der Waals surface area contributed by atoms with Crippen molar-refractivity contribution in [2.45, 2.75) is 54.9 Å². The number of aliphatic hydroxyl groups excluding tert-OH is 1. The Labute approximate surface area is 103 Å². The molecule has 3 heterocycles. The first-order chi connectivity index (χ1) is 8.32. The summed E-state index contributed by atoms with van der Waals surface area (Å²) >= 11 is 0. The maximum absolute atomic E-state index is 9.84. The zero-order chi connectivity index (χ0) is 11.5. The summed E-state index contributed by atoms with van der Waals surface area (Å²) in [4.78, 5) is 11.7. The number of fused-ring (bicyclic) bond motifs is 1. The summed E-state index contributed by atoms with van der Waals surface area (Å²) in [5.41, 5.74) is -0.377. The Morgan fingerprint density at radius 1 is 1.29 bits per heavy atom. The van der Waals surface area contributed by atoms with Crippen molar-refractivity contribution >= 4 is 9.76 Å². The van der Waals surface area contributed by atoms with Crippen molar-refractivity contribution in [2.24, 2.45) is 0 Å². The molecule has 0 aromatic heterocycles. The van der Waals surface area contributed by atoms with Crippen LogP contribution >= 0.6 is 0 Å². The highest BCUT2D eigenvalue weighted by molar-refractivity contribution is 6.32. The third kappa shape index (κ3) is 1.16. The van der Waals surface area contributed by atoms with E-state index in [9.17, 15) is 5.11 Å². The third-order valence-electron chi connectivity index (χ3n) is 4.78. The number of hydrogen-bond acceptors (Lipinski definition) is 5. The van der Waals surface area contributed by atoms with Gasteiger partial charge in [-0.1, -0.05) is 24.5 Å². The van der Waals surface area contributed by atoms with Gasteiger partial charge in [-0.15, -0.1) is 0 Å². The van der Waals surface area contributed by atoms with Crippen molar-refractivity contribution in [3.8, 4) is 0 Å². The fraction of sp³-hybridized carbons (Fsp3) is 1.00. The molecule has 0 aromatic rings. The Bertz CT molecular complexity index is 335. The van der Waals surface area contributed by atoms with Crippen LogP contribution in [0.5, 0.6) is 0 Å². The molecule has 3 saturated heterocycles. The van der Waals surface area contributed by atoms with E-state index in [1.165, 1.54) is 19.3 Å². The van der Waals surface area contributed by atoms with Gasteiger partial charge in [0.15, 0.2) is 0 Å². The van der Waals surface area contributed by atoms with Gasteiger partial charge in [0.05, 0.1) is 13.2 Å². The van der Waals surface area contributed by atoms with Crippen molar-refractivity contribution in [2.75, 3.05) is 13.2 Å². The molecular formula is C11H17NO4Si. The van der Waals surface area contributed by atoms with Gasteiger partial charge in [0.25, 0.3) is 0 Å². The predicted octanol–water partition coefficient (Wildman–Crippen LogP) is 0.419. The summed E-state index contributed by atoms with van der Waals surface area (Å²) < 4.78 is 6.02. The Morgan fingerprint density at radius 3 is 2.88 bits per heavy atom. The molecule has 6 heteroatoms. The minimum absolute atomic E-state index is 0.00821. The second-order valence-electron chi connectivity index (χ2n) is 5.59. The summed E-state index contributed by atoms with van der Waals surface area (Å²) in [5.74, 6) is 0. The number of hydroxylamine groups is 2. The molecule has 1 N–H and O–H groups in total. The molecule has 4 rings (SSSR count). The normalized spacial score (nSPS) is 47.8. The minimum atomic E-state index is -0.421. The molecule has 94 valence electrons. The fourth-order valence-electron chi connectivity index (χ4n) is 3.84. The molecule has 0 amide bonds. The number of rotatable bonds is 1. The lowest BCUT2D eigenvalue weighted by Crippen LogP contribution is -2.52. The van der Waals surface area contributed by atoms with Crippen molar-refractivity contribution < 1.29 is 19.2 Å². The van der Waals surface area contributed by atoms with E-state index in [0.29, 0.717) is 16.4 Å². The maximum atomic E-state index is 9.84. The van der Waals surface area contributed by atoms with Crippen LogP contribution in [0.1, 0.15) is 32.1 Å². The van der Waals surface area contributed by atoms with Gasteiger partial charge in [-0.2, -0.15) is 0 Å². The molecule has 3 atom stereocenters. The second-order valence-corrected chi connectivity index (χ2v) is 6.76. The zero-order valence-electron chi connectivity index (χ0n) is 9.72. The molecule has 0 unspecified atom stereocenters. The number of hydrogen-bond donors (Lipinski definition) is 1. The van der Waals surface area contributed by atoms with Gasteiger partial charge in [-0.05, 0) is 12.8 Å². The smallest absolute Gasteiger partial charge is 0.238 e. The molecule has 0 bridgehead atoms.